The van der Waals surface area contributed by atoms with Crippen molar-refractivity contribution >= 4 is 11.9 Å². The fourth-order valence-corrected chi connectivity index (χ4v) is 7.45. The van der Waals surface area contributed by atoms with E-state index < -0.39 is 18.2 Å². The molecule has 0 aliphatic heterocycles. The first-order valence-corrected chi connectivity index (χ1v) is 25.7. The van der Waals surface area contributed by atoms with Gasteiger partial charge >= 0.3 is 5.97 Å². The maximum atomic E-state index is 13.2. The minimum atomic E-state index is -0.797. The lowest BCUT2D eigenvalue weighted by Crippen LogP contribution is -2.46. The molecular weight excluding hydrogens is 755 g/mol. The summed E-state index contributed by atoms with van der Waals surface area (Å²) in [5.41, 5.74) is 0. The molecule has 61 heavy (non-hydrogen) atoms. The van der Waals surface area contributed by atoms with E-state index in [0.29, 0.717) is 19.3 Å². The number of hydrogen-bond acceptors (Lipinski definition) is 5. The third kappa shape index (κ3) is 43.7. The maximum absolute atomic E-state index is 13.2. The van der Waals surface area contributed by atoms with E-state index in [0.717, 1.165) is 96.3 Å². The lowest BCUT2D eigenvalue weighted by Gasteiger charge is -2.24. The highest BCUT2D eigenvalue weighted by atomic mass is 16.5. The van der Waals surface area contributed by atoms with E-state index in [2.05, 4.69) is 74.7 Å². The number of rotatable bonds is 45. The lowest BCUT2D eigenvalue weighted by atomic mass is 10.0. The molecule has 0 saturated heterocycles. The Hall–Kier alpha value is -2.70. The van der Waals surface area contributed by atoms with Crippen molar-refractivity contribution in [1.82, 2.24) is 5.32 Å². The number of aliphatic hydroxyl groups excluding tert-OH is 2. The second-order valence-corrected chi connectivity index (χ2v) is 17.3. The molecular formula is C55H97NO5. The van der Waals surface area contributed by atoms with Crippen LogP contribution in [0.2, 0.25) is 0 Å². The van der Waals surface area contributed by atoms with Gasteiger partial charge in [-0.3, -0.25) is 9.59 Å². The summed E-state index contributed by atoms with van der Waals surface area (Å²) in [4.78, 5) is 26.1. The molecule has 1 amide bonds. The van der Waals surface area contributed by atoms with Crippen LogP contribution in [-0.2, 0) is 14.3 Å². The number of unbranched alkanes of at least 4 members (excludes halogenated alkanes) is 25. The molecule has 352 valence electrons. The van der Waals surface area contributed by atoms with Crippen LogP contribution in [-0.4, -0.2) is 46.9 Å². The van der Waals surface area contributed by atoms with Gasteiger partial charge in [-0.2, -0.15) is 0 Å². The van der Waals surface area contributed by atoms with E-state index in [1.807, 2.05) is 24.3 Å². The van der Waals surface area contributed by atoms with Gasteiger partial charge in [0.1, 0.15) is 6.10 Å². The van der Waals surface area contributed by atoms with Gasteiger partial charge in [0.25, 0.3) is 0 Å². The second kappa shape index (κ2) is 48.3. The van der Waals surface area contributed by atoms with E-state index in [1.54, 1.807) is 0 Å². The molecule has 0 aromatic rings. The quantitative estimate of drug-likeness (QED) is 0.0245. The number of carbonyl (C=O) groups excluding carboxylic acids is 2. The Morgan fingerprint density at radius 3 is 1.39 bits per heavy atom. The molecule has 0 aromatic heterocycles. The van der Waals surface area contributed by atoms with Crippen LogP contribution < -0.4 is 5.32 Å². The molecule has 0 heterocycles. The lowest BCUT2D eigenvalue weighted by molar-refractivity contribution is -0.151. The molecule has 3 unspecified atom stereocenters. The van der Waals surface area contributed by atoms with Gasteiger partial charge in [0.2, 0.25) is 5.91 Å². The number of esters is 1. The highest BCUT2D eigenvalue weighted by Crippen LogP contribution is 2.17. The Morgan fingerprint density at radius 2 is 0.885 bits per heavy atom. The fourth-order valence-electron chi connectivity index (χ4n) is 7.45. The van der Waals surface area contributed by atoms with Crippen LogP contribution in [0.25, 0.3) is 0 Å². The summed E-state index contributed by atoms with van der Waals surface area (Å²) in [5.74, 6) is -0.519. The molecule has 0 aromatic carbocycles. The van der Waals surface area contributed by atoms with Crippen LogP contribution in [0.1, 0.15) is 239 Å². The number of ether oxygens (including phenoxy) is 1. The zero-order chi connectivity index (χ0) is 44.5. The Balaban J connectivity index is 4.66. The number of allylic oxidation sites excluding steroid dienone is 12. The largest absolute Gasteiger partial charge is 0.462 e. The topological polar surface area (TPSA) is 95.9 Å². The van der Waals surface area contributed by atoms with E-state index >= 15 is 0 Å². The molecule has 6 heteroatoms. The average molecular weight is 852 g/mol. The Morgan fingerprint density at radius 1 is 0.475 bits per heavy atom. The molecule has 0 fully saturated rings. The van der Waals surface area contributed by atoms with Gasteiger partial charge in [-0.1, -0.05) is 229 Å². The first-order valence-electron chi connectivity index (χ1n) is 25.7. The van der Waals surface area contributed by atoms with E-state index in [1.165, 1.54) is 96.3 Å². The molecule has 0 spiro atoms. The van der Waals surface area contributed by atoms with Gasteiger partial charge in [0.05, 0.1) is 25.2 Å². The standard InChI is InChI=1S/C55H97NO5/c1-4-7-10-13-16-19-22-24-26-27-28-29-31-33-36-39-42-45-48-55(60)61-51(46-43-40-37-34-32-30-25-23-20-17-14-11-8-5-2)49-54(59)56-52(50-57)53(58)47-44-41-38-35-21-18-15-12-9-6-3/h10,13,16,19,22,24,26-30,32,51-53,57-58H,4-9,11-12,14-15,17-18,20-21,23,25,31,33-50H2,1-3H3,(H,56,59)/b13-10+,19-16+,24-22+,27-26+,29-28+,32-30+. The zero-order valence-electron chi connectivity index (χ0n) is 40.0. The van der Waals surface area contributed by atoms with Crippen molar-refractivity contribution in [3.63, 3.8) is 0 Å². The average Bonchev–Trinajstić information content (AvgIpc) is 3.25. The Bertz CT molecular complexity index is 1140. The summed E-state index contributed by atoms with van der Waals surface area (Å²) in [6.07, 6.45) is 61.0. The smallest absolute Gasteiger partial charge is 0.306 e. The van der Waals surface area contributed by atoms with Crippen molar-refractivity contribution < 1.29 is 24.5 Å². The summed E-state index contributed by atoms with van der Waals surface area (Å²) < 4.78 is 5.92. The summed E-state index contributed by atoms with van der Waals surface area (Å²) >= 11 is 0. The minimum Gasteiger partial charge on any atom is -0.462 e. The van der Waals surface area contributed by atoms with Crippen molar-refractivity contribution in [2.45, 2.75) is 257 Å². The second-order valence-electron chi connectivity index (χ2n) is 17.3. The van der Waals surface area contributed by atoms with Crippen LogP contribution in [0.4, 0.5) is 0 Å². The minimum absolute atomic E-state index is 0.0539. The van der Waals surface area contributed by atoms with E-state index in [4.69, 9.17) is 4.74 Å². The van der Waals surface area contributed by atoms with Crippen molar-refractivity contribution in [1.29, 1.82) is 0 Å². The van der Waals surface area contributed by atoms with E-state index in [-0.39, 0.29) is 24.9 Å². The molecule has 3 N–H and O–H groups in total. The van der Waals surface area contributed by atoms with Gasteiger partial charge in [-0.25, -0.2) is 0 Å². The third-order valence-corrected chi connectivity index (χ3v) is 11.4. The molecule has 6 nitrogen and oxygen atoms in total. The number of aliphatic hydroxyl groups is 2. The predicted molar refractivity (Wildman–Crippen MR) is 264 cm³/mol. The predicted octanol–water partition coefficient (Wildman–Crippen LogP) is 15.4. The first-order chi connectivity index (χ1) is 30.0. The summed E-state index contributed by atoms with van der Waals surface area (Å²) in [5, 5.41) is 23.7. The molecule has 0 rings (SSSR count). The number of nitrogens with one attached hydrogen (secondary N) is 1. The monoisotopic (exact) mass is 852 g/mol. The number of carbonyl (C=O) groups is 2. The molecule has 0 radical (unpaired) electrons. The number of amides is 1. The third-order valence-electron chi connectivity index (χ3n) is 11.4. The molecule has 0 saturated carbocycles. The van der Waals surface area contributed by atoms with Crippen molar-refractivity contribution in [2.24, 2.45) is 0 Å². The summed E-state index contributed by atoms with van der Waals surface area (Å²) in [7, 11) is 0. The van der Waals surface area contributed by atoms with Gasteiger partial charge in [0.15, 0.2) is 0 Å². The molecule has 0 bridgehead atoms. The van der Waals surface area contributed by atoms with Crippen molar-refractivity contribution in [3.8, 4) is 0 Å². The fraction of sp³-hybridized carbons (Fsp3) is 0.745. The summed E-state index contributed by atoms with van der Waals surface area (Å²) in [6, 6.07) is -0.713. The first kappa shape index (κ1) is 58.3. The van der Waals surface area contributed by atoms with Crippen LogP contribution >= 0.6 is 0 Å². The number of hydrogen-bond donors (Lipinski definition) is 3. The van der Waals surface area contributed by atoms with Gasteiger partial charge in [0, 0.05) is 6.42 Å². The maximum Gasteiger partial charge on any atom is 0.306 e. The van der Waals surface area contributed by atoms with Crippen LogP contribution in [0, 0.1) is 0 Å². The zero-order valence-corrected chi connectivity index (χ0v) is 40.0. The molecule has 0 aliphatic carbocycles. The van der Waals surface area contributed by atoms with Crippen molar-refractivity contribution in [3.05, 3.63) is 72.9 Å². The SMILES string of the molecule is CCC/C=C/C=C/C=C/C=C/C=C/CCCCCCCC(=O)OC(CCCCC/C=C/CCCCCCCCC)CC(=O)NC(CO)C(O)CCCCCCCCCCCC. The molecule has 3 atom stereocenters. The van der Waals surface area contributed by atoms with Crippen molar-refractivity contribution in [2.75, 3.05) is 6.61 Å². The Labute approximate surface area is 377 Å². The van der Waals surface area contributed by atoms with Crippen LogP contribution in [0.15, 0.2) is 72.9 Å². The highest BCUT2D eigenvalue weighted by Gasteiger charge is 2.24. The normalized spacial score (nSPS) is 13.9. The van der Waals surface area contributed by atoms with E-state index in [9.17, 15) is 19.8 Å². The van der Waals surface area contributed by atoms with Gasteiger partial charge in [-0.15, -0.1) is 0 Å². The summed E-state index contributed by atoms with van der Waals surface area (Å²) in [6.45, 7) is 6.37. The van der Waals surface area contributed by atoms with Crippen LogP contribution in [0.3, 0.4) is 0 Å². The Kier molecular flexibility index (Phi) is 46.2. The van der Waals surface area contributed by atoms with Crippen LogP contribution in [0.5, 0.6) is 0 Å². The van der Waals surface area contributed by atoms with Gasteiger partial charge in [-0.05, 0) is 70.6 Å². The molecule has 0 aliphatic rings. The highest BCUT2D eigenvalue weighted by molar-refractivity contribution is 5.77. The van der Waals surface area contributed by atoms with Gasteiger partial charge < -0.3 is 20.3 Å².